The third-order valence-corrected chi connectivity index (χ3v) is 21.8. The van der Waals surface area contributed by atoms with Crippen LogP contribution in [0.3, 0.4) is 0 Å². The van der Waals surface area contributed by atoms with Crippen LogP contribution in [0.5, 0.6) is 0 Å². The van der Waals surface area contributed by atoms with Crippen LogP contribution in [0.4, 0.5) is 5.95 Å². The number of ketones is 1. The summed E-state index contributed by atoms with van der Waals surface area (Å²) in [6.45, 7) is 21.9. The quantitative estimate of drug-likeness (QED) is 0.108. The van der Waals surface area contributed by atoms with Crippen molar-refractivity contribution < 1.29 is 36.9 Å². The second-order valence-corrected chi connectivity index (χ2v) is 26.4. The van der Waals surface area contributed by atoms with E-state index in [4.69, 9.17) is 28.3 Å². The number of nitrogen functional groups attached to an aromatic ring is 1. The van der Waals surface area contributed by atoms with E-state index in [0.717, 1.165) is 0 Å². The van der Waals surface area contributed by atoms with E-state index >= 15 is 0 Å². The molecule has 5 heterocycles. The number of anilines is 1. The Labute approximate surface area is 340 Å². The van der Waals surface area contributed by atoms with E-state index in [1.54, 1.807) is 48.5 Å². The third kappa shape index (κ3) is 6.60. The van der Waals surface area contributed by atoms with Crippen LogP contribution in [-0.4, -0.2) is 83.3 Å². The summed E-state index contributed by atoms with van der Waals surface area (Å²) >= 11 is 0. The van der Waals surface area contributed by atoms with Gasteiger partial charge in [-0.05, 0) is 55.1 Å². The Bertz CT molecular complexity index is 2250. The number of hydrogen-bond acceptors (Lipinski definition) is 12. The van der Waals surface area contributed by atoms with Gasteiger partial charge in [0.25, 0.3) is 17.4 Å². The summed E-state index contributed by atoms with van der Waals surface area (Å²) < 4.78 is 32.3. The zero-order valence-electron chi connectivity index (χ0n) is 35.0. The highest BCUT2D eigenvalue weighted by molar-refractivity contribution is 6.84. The molecule has 2 fully saturated rings. The standard InChI is InChI=1S/C41H54N6O9Si2/c1-22(2)57(23(3)4)54-31(30(48)26-17-13-12-14-18-26)32-33(55-58(56-57,24(5)6)25(7)8)34(53-47-36(49)27-19-15-16-20-28(27)37(47)50)39(52-32)45-21-43-29-35(45)44-40(42)46(38(29)51)41(9,10)11/h12-25,31-34,39H,1-11H3,(H2,42,44)/t31?,32-,33-,34-,39-/m1/s1. The Hall–Kier alpha value is -4.37. The van der Waals surface area contributed by atoms with Crippen molar-refractivity contribution >= 4 is 51.8 Å². The summed E-state index contributed by atoms with van der Waals surface area (Å²) in [6, 6.07) is 15.2. The molecule has 2 N–H and O–H groups in total. The number of Topliss-reactive ketones (excluding diaryl/α,β-unsaturated/α-hetero) is 1. The minimum atomic E-state index is -3.46. The molecule has 4 aromatic rings. The first-order valence-corrected chi connectivity index (χ1v) is 23.9. The summed E-state index contributed by atoms with van der Waals surface area (Å²) in [7, 11) is -6.87. The zero-order chi connectivity index (χ0) is 42.2. The van der Waals surface area contributed by atoms with Gasteiger partial charge in [-0.15, -0.1) is 5.06 Å². The average Bonchev–Trinajstić information content (AvgIpc) is 3.79. The fourth-order valence-corrected chi connectivity index (χ4v) is 19.9. The van der Waals surface area contributed by atoms with Crippen LogP contribution in [-0.2, 0) is 28.1 Å². The minimum Gasteiger partial charge on any atom is -0.414 e. The molecule has 310 valence electrons. The van der Waals surface area contributed by atoms with Crippen molar-refractivity contribution in [2.24, 2.45) is 0 Å². The number of fused-ring (bicyclic) bond motifs is 3. The van der Waals surface area contributed by atoms with Crippen LogP contribution in [0, 0.1) is 0 Å². The predicted molar refractivity (Wildman–Crippen MR) is 220 cm³/mol. The zero-order valence-corrected chi connectivity index (χ0v) is 37.0. The molecule has 0 aliphatic carbocycles. The second-order valence-electron chi connectivity index (χ2n) is 17.6. The van der Waals surface area contributed by atoms with Gasteiger partial charge >= 0.3 is 17.1 Å². The molecule has 2 aromatic heterocycles. The molecule has 5 atom stereocenters. The van der Waals surface area contributed by atoms with E-state index in [1.165, 1.54) is 15.5 Å². The van der Waals surface area contributed by atoms with Crippen molar-refractivity contribution in [2.45, 2.75) is 135 Å². The normalized spacial score (nSPS) is 24.5. The molecule has 2 saturated heterocycles. The Morgan fingerprint density at radius 2 is 1.33 bits per heavy atom. The lowest BCUT2D eigenvalue weighted by atomic mass is 9.98. The monoisotopic (exact) mass is 830 g/mol. The number of amides is 2. The Kier molecular flexibility index (Phi) is 10.8. The Morgan fingerprint density at radius 1 is 0.793 bits per heavy atom. The summed E-state index contributed by atoms with van der Waals surface area (Å²) in [6.07, 6.45) is -4.86. The number of nitrogens with zero attached hydrogens (tertiary/aromatic N) is 5. The smallest absolute Gasteiger partial charge is 0.335 e. The molecule has 3 aliphatic heterocycles. The largest absolute Gasteiger partial charge is 0.414 e. The summed E-state index contributed by atoms with van der Waals surface area (Å²) in [5.41, 5.74) is 5.54. The van der Waals surface area contributed by atoms with Gasteiger partial charge in [0.1, 0.15) is 18.3 Å². The fourth-order valence-electron chi connectivity index (χ4n) is 8.68. The van der Waals surface area contributed by atoms with E-state index in [9.17, 15) is 19.2 Å². The van der Waals surface area contributed by atoms with Crippen LogP contribution in [0.1, 0.15) is 113 Å². The third-order valence-electron chi connectivity index (χ3n) is 11.6. The molecule has 17 heteroatoms. The number of carbonyl (C=O) groups is 3. The summed E-state index contributed by atoms with van der Waals surface area (Å²) in [5, 5.41) is 0.717. The molecule has 7 rings (SSSR count). The van der Waals surface area contributed by atoms with Gasteiger partial charge in [0.15, 0.2) is 29.3 Å². The summed E-state index contributed by atoms with van der Waals surface area (Å²) in [5.74, 6) is -1.78. The van der Waals surface area contributed by atoms with Crippen molar-refractivity contribution in [3.8, 4) is 0 Å². The van der Waals surface area contributed by atoms with Gasteiger partial charge in [-0.25, -0.2) is 4.98 Å². The predicted octanol–water partition coefficient (Wildman–Crippen LogP) is 6.63. The molecule has 0 radical (unpaired) electrons. The van der Waals surface area contributed by atoms with E-state index in [0.29, 0.717) is 10.6 Å². The highest BCUT2D eigenvalue weighted by Gasteiger charge is 2.66. The van der Waals surface area contributed by atoms with Crippen molar-refractivity contribution in [3.05, 3.63) is 88.0 Å². The number of rotatable bonds is 9. The molecule has 0 bridgehead atoms. The molecule has 2 aromatic carbocycles. The molecule has 3 aliphatic rings. The molecule has 0 saturated carbocycles. The van der Waals surface area contributed by atoms with Crippen LogP contribution < -0.4 is 11.3 Å². The van der Waals surface area contributed by atoms with Crippen LogP contribution in [0.2, 0.25) is 22.2 Å². The first-order valence-electron chi connectivity index (χ1n) is 20.0. The van der Waals surface area contributed by atoms with Gasteiger partial charge in [-0.1, -0.05) is 97.9 Å². The topological polar surface area (TPSA) is 179 Å². The van der Waals surface area contributed by atoms with Crippen molar-refractivity contribution in [1.29, 1.82) is 0 Å². The lowest BCUT2D eigenvalue weighted by Crippen LogP contribution is -2.68. The maximum absolute atomic E-state index is 15.0. The first kappa shape index (κ1) is 41.8. The maximum Gasteiger partial charge on any atom is 0.335 e. The van der Waals surface area contributed by atoms with Crippen molar-refractivity contribution in [2.75, 3.05) is 5.73 Å². The Morgan fingerprint density at radius 3 is 1.86 bits per heavy atom. The van der Waals surface area contributed by atoms with E-state index in [2.05, 4.69) is 65.4 Å². The van der Waals surface area contributed by atoms with Gasteiger partial charge in [-0.2, -0.15) is 4.98 Å². The van der Waals surface area contributed by atoms with Crippen molar-refractivity contribution in [1.82, 2.24) is 24.2 Å². The van der Waals surface area contributed by atoms with E-state index in [1.807, 2.05) is 26.8 Å². The number of imide groups is 1. The number of hydroxylamine groups is 2. The fraction of sp³-hybridized carbons (Fsp3) is 0.512. The molecule has 0 spiro atoms. The van der Waals surface area contributed by atoms with Gasteiger partial charge in [0.2, 0.25) is 5.95 Å². The number of benzene rings is 2. The second kappa shape index (κ2) is 15.0. The number of carbonyl (C=O) groups excluding carboxylic acids is 3. The molecule has 15 nitrogen and oxygen atoms in total. The first-order chi connectivity index (χ1) is 27.2. The van der Waals surface area contributed by atoms with Gasteiger partial charge < -0.3 is 23.4 Å². The SMILES string of the molecule is CC(C)[Si]1(C(C)C)OC(C(=O)c2ccccc2)[C@H]2O[C@@H](n3cnc4c(=O)n(C(C)(C)C)c(N)nc43)[C@H](ON3C(=O)c4ccccc4C3=O)[C@@H]2O[Si](C(C)C)(C(C)C)O1. The highest BCUT2D eigenvalue weighted by Crippen LogP contribution is 2.51. The number of nitrogens with two attached hydrogens (primary N) is 1. The van der Waals surface area contributed by atoms with Crippen LogP contribution in [0.15, 0.2) is 65.7 Å². The molecule has 1 unspecified atom stereocenters. The average molecular weight is 831 g/mol. The lowest BCUT2D eigenvalue weighted by molar-refractivity contribution is -0.177. The molecular weight excluding hydrogens is 777 g/mol. The van der Waals surface area contributed by atoms with Gasteiger partial charge in [0.05, 0.1) is 17.5 Å². The van der Waals surface area contributed by atoms with Gasteiger partial charge in [-0.3, -0.25) is 33.1 Å². The number of aromatic nitrogens is 4. The van der Waals surface area contributed by atoms with Crippen molar-refractivity contribution in [3.63, 3.8) is 0 Å². The minimum absolute atomic E-state index is 0.00746. The number of hydrogen-bond donors (Lipinski definition) is 1. The van der Waals surface area contributed by atoms with E-state index in [-0.39, 0.29) is 56.2 Å². The Balaban J connectivity index is 1.48. The number of imidazole rings is 1. The summed E-state index contributed by atoms with van der Waals surface area (Å²) in [4.78, 5) is 72.6. The maximum atomic E-state index is 15.0. The molecular formula is C41H54N6O9Si2. The van der Waals surface area contributed by atoms with Crippen LogP contribution in [0.25, 0.3) is 11.2 Å². The molecule has 58 heavy (non-hydrogen) atoms. The highest BCUT2D eigenvalue weighted by atomic mass is 28.5. The lowest BCUT2D eigenvalue weighted by Gasteiger charge is -2.53. The van der Waals surface area contributed by atoms with Gasteiger partial charge in [0, 0.05) is 11.1 Å². The molecule has 2 amide bonds. The van der Waals surface area contributed by atoms with E-state index < -0.39 is 70.7 Å². The van der Waals surface area contributed by atoms with Crippen LogP contribution >= 0.6 is 0 Å². The number of ether oxygens (including phenoxy) is 1.